The monoisotopic (exact) mass is 549 g/mol. The fourth-order valence-electron chi connectivity index (χ4n) is 5.05. The second-order valence-electron chi connectivity index (χ2n) is 9.78. The number of aromatic nitrogens is 2. The Morgan fingerprint density at radius 3 is 2.45 bits per heavy atom. The second-order valence-corrected chi connectivity index (χ2v) is 9.78. The predicted octanol–water partition coefficient (Wildman–Crippen LogP) is 6.83. The van der Waals surface area contributed by atoms with E-state index >= 15 is 0 Å². The van der Waals surface area contributed by atoms with Gasteiger partial charge in [-0.2, -0.15) is 18.2 Å². The lowest BCUT2D eigenvalue weighted by Gasteiger charge is -2.19. The zero-order valence-corrected chi connectivity index (χ0v) is 22.2. The number of ether oxygens (including phenoxy) is 1. The minimum atomic E-state index is -4.55. The number of benzene rings is 3. The van der Waals surface area contributed by atoms with Crippen LogP contribution >= 0.6 is 0 Å². The minimum absolute atomic E-state index is 0.0304. The van der Waals surface area contributed by atoms with E-state index < -0.39 is 11.7 Å². The Morgan fingerprint density at radius 2 is 1.70 bits per heavy atom. The molecule has 0 saturated carbocycles. The number of fused-ring (bicyclic) bond motifs is 1. The summed E-state index contributed by atoms with van der Waals surface area (Å²) in [4.78, 5) is 18.4. The standard InChI is InChI=1S/C31H30F3N3O3/c1-2-39-28(38)9-6-16-37-17-14-21-10-11-24(19-23(21)15-18-37)29-35-30(40-36-29)25-12-13-26(22-7-4-3-5-8-22)27(20-25)31(32,33)34/h3-5,7-8,10-13,19-20H,2,6,9,14-18H2,1H3. The zero-order chi connectivity index (χ0) is 28.1. The van der Waals surface area contributed by atoms with Crippen LogP contribution in [-0.4, -0.2) is 47.3 Å². The Labute approximate surface area is 230 Å². The zero-order valence-electron chi connectivity index (χ0n) is 22.2. The molecule has 1 aromatic heterocycles. The largest absolute Gasteiger partial charge is 0.466 e. The Bertz CT molecular complexity index is 1470. The van der Waals surface area contributed by atoms with Crippen LogP contribution in [0.2, 0.25) is 0 Å². The minimum Gasteiger partial charge on any atom is -0.466 e. The van der Waals surface area contributed by atoms with Gasteiger partial charge in [-0.05, 0) is 73.2 Å². The van der Waals surface area contributed by atoms with Crippen molar-refractivity contribution >= 4 is 5.97 Å². The third-order valence-corrected chi connectivity index (χ3v) is 7.10. The first-order valence-electron chi connectivity index (χ1n) is 13.4. The van der Waals surface area contributed by atoms with Gasteiger partial charge in [-0.1, -0.05) is 53.7 Å². The van der Waals surface area contributed by atoms with Crippen molar-refractivity contribution < 1.29 is 27.2 Å². The first-order valence-corrected chi connectivity index (χ1v) is 13.4. The highest BCUT2D eigenvalue weighted by atomic mass is 19.4. The van der Waals surface area contributed by atoms with Crippen LogP contribution in [0.5, 0.6) is 0 Å². The first kappa shape index (κ1) is 27.6. The Balaban J connectivity index is 1.31. The molecule has 6 nitrogen and oxygen atoms in total. The second kappa shape index (κ2) is 12.0. The fourth-order valence-corrected chi connectivity index (χ4v) is 5.05. The summed E-state index contributed by atoms with van der Waals surface area (Å²) in [5, 5.41) is 4.07. The summed E-state index contributed by atoms with van der Waals surface area (Å²) in [6.07, 6.45) is -1.65. The van der Waals surface area contributed by atoms with Gasteiger partial charge in [0.1, 0.15) is 0 Å². The van der Waals surface area contributed by atoms with Gasteiger partial charge >= 0.3 is 12.1 Å². The molecule has 0 spiro atoms. The van der Waals surface area contributed by atoms with E-state index in [4.69, 9.17) is 9.26 Å². The topological polar surface area (TPSA) is 68.5 Å². The number of hydrogen-bond donors (Lipinski definition) is 0. The molecule has 0 atom stereocenters. The molecule has 0 N–H and O–H groups in total. The molecule has 1 aliphatic rings. The van der Waals surface area contributed by atoms with Gasteiger partial charge in [0.05, 0.1) is 12.2 Å². The summed E-state index contributed by atoms with van der Waals surface area (Å²) in [6.45, 7) is 4.81. The maximum Gasteiger partial charge on any atom is 0.417 e. The van der Waals surface area contributed by atoms with Crippen LogP contribution in [0.1, 0.15) is 36.5 Å². The van der Waals surface area contributed by atoms with Gasteiger partial charge < -0.3 is 14.2 Å². The number of hydrogen-bond acceptors (Lipinski definition) is 6. The fraction of sp³-hybridized carbons (Fsp3) is 0.323. The summed E-state index contributed by atoms with van der Waals surface area (Å²) in [5.41, 5.74) is 3.20. The van der Waals surface area contributed by atoms with Crippen LogP contribution in [0.15, 0.2) is 71.3 Å². The highest BCUT2D eigenvalue weighted by molar-refractivity contribution is 5.72. The summed E-state index contributed by atoms with van der Waals surface area (Å²) in [5.74, 6) is 0.198. The Morgan fingerprint density at radius 1 is 0.950 bits per heavy atom. The molecule has 4 aromatic rings. The number of nitrogens with zero attached hydrogens (tertiary/aromatic N) is 3. The normalized spacial score (nSPS) is 14.0. The lowest BCUT2D eigenvalue weighted by atomic mass is 9.97. The van der Waals surface area contributed by atoms with Crippen molar-refractivity contribution in [3.63, 3.8) is 0 Å². The number of carbonyl (C=O) groups excluding carboxylic acids is 1. The van der Waals surface area contributed by atoms with Gasteiger partial charge in [0.15, 0.2) is 0 Å². The molecule has 9 heteroatoms. The summed E-state index contributed by atoms with van der Waals surface area (Å²) in [6, 6.07) is 18.6. The third-order valence-electron chi connectivity index (χ3n) is 7.10. The van der Waals surface area contributed by atoms with E-state index in [9.17, 15) is 18.0 Å². The van der Waals surface area contributed by atoms with Crippen molar-refractivity contribution in [1.29, 1.82) is 0 Å². The van der Waals surface area contributed by atoms with Crippen LogP contribution in [0, 0.1) is 0 Å². The SMILES string of the molecule is CCOC(=O)CCCN1CCc2ccc(-c3noc(-c4ccc(-c5ccccc5)c(C(F)(F)F)c4)n3)cc2CC1. The van der Waals surface area contributed by atoms with Gasteiger partial charge in [0.2, 0.25) is 5.82 Å². The van der Waals surface area contributed by atoms with Gasteiger partial charge in [0.25, 0.3) is 5.89 Å². The molecule has 5 rings (SSSR count). The van der Waals surface area contributed by atoms with E-state index in [1.54, 1.807) is 43.3 Å². The Hall–Kier alpha value is -3.98. The first-order chi connectivity index (χ1) is 19.3. The number of rotatable bonds is 8. The number of alkyl halides is 3. The molecule has 0 radical (unpaired) electrons. The number of halogens is 3. The summed E-state index contributed by atoms with van der Waals surface area (Å²) < 4.78 is 52.3. The lowest BCUT2D eigenvalue weighted by molar-refractivity contribution is -0.143. The van der Waals surface area contributed by atoms with Crippen LogP contribution in [-0.2, 0) is 28.5 Å². The molecule has 2 heterocycles. The molecular weight excluding hydrogens is 519 g/mol. The van der Waals surface area contributed by atoms with Gasteiger partial charge in [-0.15, -0.1) is 0 Å². The van der Waals surface area contributed by atoms with Gasteiger partial charge in [-0.3, -0.25) is 4.79 Å². The van der Waals surface area contributed by atoms with E-state index in [2.05, 4.69) is 21.1 Å². The highest BCUT2D eigenvalue weighted by Crippen LogP contribution is 2.39. The average Bonchev–Trinajstić information content (AvgIpc) is 3.36. The molecule has 0 aliphatic carbocycles. The predicted molar refractivity (Wildman–Crippen MR) is 145 cm³/mol. The van der Waals surface area contributed by atoms with Crippen molar-refractivity contribution in [1.82, 2.24) is 15.0 Å². The number of esters is 1. The van der Waals surface area contributed by atoms with Crippen molar-refractivity contribution in [2.75, 3.05) is 26.2 Å². The molecule has 1 aliphatic heterocycles. The van der Waals surface area contributed by atoms with Crippen molar-refractivity contribution in [3.8, 4) is 34.0 Å². The van der Waals surface area contributed by atoms with E-state index in [1.807, 2.05) is 12.1 Å². The molecular formula is C31H30F3N3O3. The molecule has 0 saturated heterocycles. The molecule has 208 valence electrons. The van der Waals surface area contributed by atoms with Crippen LogP contribution < -0.4 is 0 Å². The molecule has 0 amide bonds. The van der Waals surface area contributed by atoms with Crippen LogP contribution in [0.3, 0.4) is 0 Å². The van der Waals surface area contributed by atoms with E-state index in [0.29, 0.717) is 24.4 Å². The maximum atomic E-state index is 14.0. The third kappa shape index (κ3) is 6.42. The Kier molecular flexibility index (Phi) is 8.30. The summed E-state index contributed by atoms with van der Waals surface area (Å²) >= 11 is 0. The van der Waals surface area contributed by atoms with E-state index in [0.717, 1.165) is 50.5 Å². The molecule has 0 bridgehead atoms. The van der Waals surface area contributed by atoms with Crippen molar-refractivity contribution in [3.05, 3.63) is 83.4 Å². The van der Waals surface area contributed by atoms with Crippen molar-refractivity contribution in [2.24, 2.45) is 0 Å². The number of carbonyl (C=O) groups is 1. The highest BCUT2D eigenvalue weighted by Gasteiger charge is 2.34. The lowest BCUT2D eigenvalue weighted by Crippen LogP contribution is -2.28. The molecule has 3 aromatic carbocycles. The van der Waals surface area contributed by atoms with Gasteiger partial charge in [0, 0.05) is 30.6 Å². The summed E-state index contributed by atoms with van der Waals surface area (Å²) in [7, 11) is 0. The molecule has 0 fully saturated rings. The van der Waals surface area contributed by atoms with Gasteiger partial charge in [-0.25, -0.2) is 0 Å². The van der Waals surface area contributed by atoms with E-state index in [1.165, 1.54) is 17.2 Å². The van der Waals surface area contributed by atoms with Crippen molar-refractivity contribution in [2.45, 2.75) is 38.8 Å². The smallest absolute Gasteiger partial charge is 0.417 e. The van der Waals surface area contributed by atoms with E-state index in [-0.39, 0.29) is 23.0 Å². The van der Waals surface area contributed by atoms with Crippen LogP contribution in [0.4, 0.5) is 13.2 Å². The van der Waals surface area contributed by atoms with Crippen LogP contribution in [0.25, 0.3) is 34.0 Å². The maximum absolute atomic E-state index is 14.0. The average molecular weight is 550 g/mol. The molecule has 40 heavy (non-hydrogen) atoms. The molecule has 0 unspecified atom stereocenters. The quantitative estimate of drug-likeness (QED) is 0.224.